The smallest absolute Gasteiger partial charge is 0.423 e. The maximum Gasteiger partial charge on any atom is 0.488 e. The van der Waals surface area contributed by atoms with E-state index in [1.54, 1.807) is 42.5 Å². The summed E-state index contributed by atoms with van der Waals surface area (Å²) in [7, 11) is -1.55. The monoisotopic (exact) mass is 290 g/mol. The van der Waals surface area contributed by atoms with Crippen molar-refractivity contribution < 1.29 is 15.0 Å². The van der Waals surface area contributed by atoms with Crippen molar-refractivity contribution in [3.8, 4) is 0 Å². The van der Waals surface area contributed by atoms with E-state index in [4.69, 9.17) is 10.0 Å². The van der Waals surface area contributed by atoms with E-state index >= 15 is 0 Å². The van der Waals surface area contributed by atoms with Crippen LogP contribution >= 0.6 is 11.9 Å². The number of nitro benzene ring substituents is 1. The molecule has 8 heteroatoms. The lowest BCUT2D eigenvalue weighted by Crippen LogP contribution is -2.29. The van der Waals surface area contributed by atoms with Gasteiger partial charge in [0.2, 0.25) is 0 Å². The maximum atomic E-state index is 10.9. The third-order valence-corrected chi connectivity index (χ3v) is 3.43. The Morgan fingerprint density at radius 2 is 1.90 bits per heavy atom. The van der Waals surface area contributed by atoms with Crippen LogP contribution in [0.15, 0.2) is 53.4 Å². The van der Waals surface area contributed by atoms with E-state index in [0.29, 0.717) is 16.0 Å². The highest BCUT2D eigenvalue weighted by molar-refractivity contribution is 8.00. The van der Waals surface area contributed by atoms with Crippen molar-refractivity contribution in [1.82, 2.24) is 0 Å². The fourth-order valence-electron chi connectivity index (χ4n) is 1.57. The van der Waals surface area contributed by atoms with Crippen LogP contribution in [0.25, 0.3) is 0 Å². The van der Waals surface area contributed by atoms with E-state index in [2.05, 4.69) is 4.72 Å². The van der Waals surface area contributed by atoms with Gasteiger partial charge in [0.1, 0.15) is 4.90 Å². The van der Waals surface area contributed by atoms with Crippen molar-refractivity contribution in [3.05, 3.63) is 58.6 Å². The summed E-state index contributed by atoms with van der Waals surface area (Å²) < 4.78 is 2.94. The molecule has 2 aromatic rings. The molecule has 0 unspecified atom stereocenters. The van der Waals surface area contributed by atoms with Crippen LogP contribution in [-0.2, 0) is 0 Å². The van der Waals surface area contributed by atoms with Crippen molar-refractivity contribution in [3.63, 3.8) is 0 Å². The summed E-state index contributed by atoms with van der Waals surface area (Å²) in [5.74, 6) is 0. The van der Waals surface area contributed by atoms with Crippen LogP contribution < -0.4 is 10.2 Å². The molecule has 20 heavy (non-hydrogen) atoms. The number of hydrogen-bond acceptors (Lipinski definition) is 6. The average Bonchev–Trinajstić information content (AvgIpc) is 2.45. The van der Waals surface area contributed by atoms with Crippen LogP contribution in [0.1, 0.15) is 0 Å². The van der Waals surface area contributed by atoms with Crippen molar-refractivity contribution in [2.75, 3.05) is 4.72 Å². The molecular weight excluding hydrogens is 279 g/mol. The topological polar surface area (TPSA) is 95.6 Å². The van der Waals surface area contributed by atoms with Crippen molar-refractivity contribution >= 4 is 35.9 Å². The predicted molar refractivity (Wildman–Crippen MR) is 78.8 cm³/mol. The van der Waals surface area contributed by atoms with Crippen LogP contribution in [0.2, 0.25) is 0 Å². The van der Waals surface area contributed by atoms with Crippen LogP contribution in [0.5, 0.6) is 0 Å². The molecule has 6 nitrogen and oxygen atoms in total. The lowest BCUT2D eigenvalue weighted by Gasteiger charge is -2.07. The molecule has 0 saturated carbocycles. The number of hydrogen-bond donors (Lipinski definition) is 3. The second-order valence-electron chi connectivity index (χ2n) is 3.93. The fraction of sp³-hybridized carbons (Fsp3) is 0. The van der Waals surface area contributed by atoms with Gasteiger partial charge in [-0.05, 0) is 35.6 Å². The Bertz CT molecular complexity index is 624. The van der Waals surface area contributed by atoms with Gasteiger partial charge < -0.3 is 14.8 Å². The Kier molecular flexibility index (Phi) is 4.62. The van der Waals surface area contributed by atoms with Gasteiger partial charge in [-0.15, -0.1) is 0 Å². The van der Waals surface area contributed by atoms with Gasteiger partial charge in [-0.3, -0.25) is 10.1 Å². The molecule has 0 heterocycles. The Balaban J connectivity index is 2.13. The zero-order valence-corrected chi connectivity index (χ0v) is 11.1. The summed E-state index contributed by atoms with van der Waals surface area (Å²) in [5.41, 5.74) is 0.986. The maximum absolute atomic E-state index is 10.9. The lowest BCUT2D eigenvalue weighted by atomic mass is 9.80. The number of para-hydroxylation sites is 1. The molecule has 0 saturated heterocycles. The van der Waals surface area contributed by atoms with E-state index in [-0.39, 0.29) is 5.69 Å². The van der Waals surface area contributed by atoms with Gasteiger partial charge in [-0.1, -0.05) is 24.3 Å². The molecule has 0 atom stereocenters. The molecule has 0 amide bonds. The van der Waals surface area contributed by atoms with Gasteiger partial charge in [-0.2, -0.15) is 0 Å². The highest BCUT2D eigenvalue weighted by Crippen LogP contribution is 2.29. The fourth-order valence-corrected chi connectivity index (χ4v) is 2.32. The van der Waals surface area contributed by atoms with E-state index in [9.17, 15) is 10.1 Å². The largest absolute Gasteiger partial charge is 0.488 e. The van der Waals surface area contributed by atoms with Crippen LogP contribution in [-0.4, -0.2) is 22.1 Å². The minimum Gasteiger partial charge on any atom is -0.423 e. The second kappa shape index (κ2) is 6.42. The summed E-state index contributed by atoms with van der Waals surface area (Å²) in [5, 5.41) is 29.0. The molecule has 0 aromatic heterocycles. The van der Waals surface area contributed by atoms with Crippen LogP contribution in [0.4, 0.5) is 11.4 Å². The summed E-state index contributed by atoms with van der Waals surface area (Å²) in [6.45, 7) is 0. The summed E-state index contributed by atoms with van der Waals surface area (Å²) >= 11 is 1.09. The molecule has 0 aliphatic rings. The first-order chi connectivity index (χ1) is 9.58. The molecule has 0 radical (unpaired) electrons. The Morgan fingerprint density at radius 1 is 1.15 bits per heavy atom. The molecule has 0 aliphatic heterocycles. The third-order valence-electron chi connectivity index (χ3n) is 2.53. The average molecular weight is 290 g/mol. The summed E-state index contributed by atoms with van der Waals surface area (Å²) in [4.78, 5) is 10.9. The van der Waals surface area contributed by atoms with Gasteiger partial charge >= 0.3 is 7.12 Å². The number of anilines is 1. The summed E-state index contributed by atoms with van der Waals surface area (Å²) in [6.07, 6.45) is 0. The Labute approximate surface area is 119 Å². The van der Waals surface area contributed by atoms with E-state index in [1.165, 1.54) is 6.07 Å². The van der Waals surface area contributed by atoms with E-state index in [0.717, 1.165) is 11.9 Å². The minimum absolute atomic E-state index is 0.0170. The van der Waals surface area contributed by atoms with Crippen molar-refractivity contribution in [2.45, 2.75) is 4.90 Å². The third kappa shape index (κ3) is 3.50. The first-order valence-corrected chi connectivity index (χ1v) is 6.52. The van der Waals surface area contributed by atoms with Gasteiger partial charge in [0.05, 0.1) is 4.92 Å². The van der Waals surface area contributed by atoms with Gasteiger partial charge in [0.25, 0.3) is 5.69 Å². The molecule has 0 spiro atoms. The molecule has 102 valence electrons. The Morgan fingerprint density at radius 3 is 2.60 bits per heavy atom. The molecule has 0 aliphatic carbocycles. The standard InChI is InChI=1S/C12H11BN2O4S/c16-13(17)9-4-3-5-10(8-9)14-20-12-7-2-1-6-11(12)15(18)19/h1-8,14,16-17H. The van der Waals surface area contributed by atoms with Crippen LogP contribution in [0, 0.1) is 10.1 Å². The van der Waals surface area contributed by atoms with Gasteiger partial charge in [-0.25, -0.2) is 0 Å². The number of nitro groups is 1. The number of nitrogens with one attached hydrogen (secondary N) is 1. The number of nitrogens with zero attached hydrogens (tertiary/aromatic N) is 1. The predicted octanol–water partition coefficient (Wildman–Crippen LogP) is 1.39. The molecule has 0 fully saturated rings. The zero-order chi connectivity index (χ0) is 14.5. The van der Waals surface area contributed by atoms with E-state index < -0.39 is 12.0 Å². The normalized spacial score (nSPS) is 10.1. The van der Waals surface area contributed by atoms with Crippen LogP contribution in [0.3, 0.4) is 0 Å². The molecule has 2 aromatic carbocycles. The highest BCUT2D eigenvalue weighted by Gasteiger charge is 2.14. The van der Waals surface area contributed by atoms with Crippen molar-refractivity contribution in [1.29, 1.82) is 0 Å². The Hall–Kier alpha value is -2.03. The molecule has 3 N–H and O–H groups in total. The zero-order valence-electron chi connectivity index (χ0n) is 10.3. The first-order valence-electron chi connectivity index (χ1n) is 5.70. The lowest BCUT2D eigenvalue weighted by molar-refractivity contribution is -0.387. The minimum atomic E-state index is -1.55. The first kappa shape index (κ1) is 14.4. The van der Waals surface area contributed by atoms with Gasteiger partial charge in [0, 0.05) is 11.8 Å². The SMILES string of the molecule is O=[N+]([O-])c1ccccc1SNc1cccc(B(O)O)c1. The second-order valence-corrected chi connectivity index (χ2v) is 4.78. The molecule has 2 rings (SSSR count). The summed E-state index contributed by atoms with van der Waals surface area (Å²) in [6, 6.07) is 12.9. The molecule has 0 bridgehead atoms. The number of rotatable bonds is 5. The van der Waals surface area contributed by atoms with Gasteiger partial charge in [0.15, 0.2) is 0 Å². The quantitative estimate of drug-likeness (QED) is 0.333. The highest BCUT2D eigenvalue weighted by atomic mass is 32.2. The number of benzene rings is 2. The van der Waals surface area contributed by atoms with Crippen molar-refractivity contribution in [2.24, 2.45) is 0 Å². The molecular formula is C12H11BN2O4S. The van der Waals surface area contributed by atoms with E-state index in [1.807, 2.05) is 0 Å².